The van der Waals surface area contributed by atoms with Crippen LogP contribution in [0.1, 0.15) is 52.7 Å². The molecular formula is C40H36S. The van der Waals surface area contributed by atoms with Gasteiger partial charge in [0.1, 0.15) is 0 Å². The second-order valence-electron chi connectivity index (χ2n) is 13.6. The SMILES string of the molecule is CC(C)(C)c1cc(-c2ccc3cc4cc(-c5ccc6sc7ccccc7c6c5)ccc4cc3c2)cc(C(C)(C)C)c1. The summed E-state index contributed by atoms with van der Waals surface area (Å²) in [6, 6.07) is 41.4. The van der Waals surface area contributed by atoms with Gasteiger partial charge in [0, 0.05) is 20.2 Å². The maximum atomic E-state index is 2.40. The highest BCUT2D eigenvalue weighted by atomic mass is 32.1. The summed E-state index contributed by atoms with van der Waals surface area (Å²) in [6.45, 7) is 13.8. The Morgan fingerprint density at radius 3 is 1.51 bits per heavy atom. The first-order valence-electron chi connectivity index (χ1n) is 14.6. The zero-order valence-electron chi connectivity index (χ0n) is 24.8. The van der Waals surface area contributed by atoms with E-state index in [0.29, 0.717) is 0 Å². The van der Waals surface area contributed by atoms with Gasteiger partial charge in [-0.2, -0.15) is 0 Å². The number of benzene rings is 6. The maximum absolute atomic E-state index is 2.40. The molecule has 0 N–H and O–H groups in total. The Bertz CT molecular complexity index is 2080. The molecule has 0 aliphatic rings. The van der Waals surface area contributed by atoms with Crippen LogP contribution in [0, 0.1) is 0 Å². The number of hydrogen-bond donors (Lipinski definition) is 0. The molecule has 0 bridgehead atoms. The number of fused-ring (bicyclic) bond motifs is 5. The first kappa shape index (κ1) is 26.0. The molecule has 6 aromatic carbocycles. The molecule has 0 amide bonds. The molecule has 0 saturated heterocycles. The van der Waals surface area contributed by atoms with Crippen molar-refractivity contribution in [3.05, 3.63) is 120 Å². The Hall–Kier alpha value is -3.94. The number of rotatable bonds is 2. The molecule has 0 saturated carbocycles. The van der Waals surface area contributed by atoms with Crippen LogP contribution in [-0.2, 0) is 10.8 Å². The third-order valence-electron chi connectivity index (χ3n) is 8.50. The Morgan fingerprint density at radius 1 is 0.390 bits per heavy atom. The highest BCUT2D eigenvalue weighted by Gasteiger charge is 2.21. The second kappa shape index (κ2) is 9.29. The Kier molecular flexibility index (Phi) is 5.89. The Balaban J connectivity index is 1.31. The van der Waals surface area contributed by atoms with E-state index in [1.807, 2.05) is 11.3 Å². The Labute approximate surface area is 247 Å². The molecule has 0 fully saturated rings. The molecule has 7 aromatic rings. The van der Waals surface area contributed by atoms with Crippen LogP contribution in [0.25, 0.3) is 64.0 Å². The van der Waals surface area contributed by atoms with Gasteiger partial charge in [0.15, 0.2) is 0 Å². The van der Waals surface area contributed by atoms with Gasteiger partial charge in [-0.25, -0.2) is 0 Å². The molecule has 1 heteroatoms. The second-order valence-corrected chi connectivity index (χ2v) is 14.7. The fraction of sp³-hybridized carbons (Fsp3) is 0.200. The van der Waals surface area contributed by atoms with E-state index in [1.54, 1.807) is 0 Å². The van der Waals surface area contributed by atoms with Crippen molar-refractivity contribution in [3.8, 4) is 22.3 Å². The van der Waals surface area contributed by atoms with Gasteiger partial charge in [0.25, 0.3) is 0 Å². The third kappa shape index (κ3) is 4.73. The summed E-state index contributed by atoms with van der Waals surface area (Å²) in [7, 11) is 0. The van der Waals surface area contributed by atoms with E-state index in [-0.39, 0.29) is 10.8 Å². The van der Waals surface area contributed by atoms with Crippen LogP contribution in [0.2, 0.25) is 0 Å². The van der Waals surface area contributed by atoms with Crippen LogP contribution >= 0.6 is 11.3 Å². The molecule has 0 unspecified atom stereocenters. The Morgan fingerprint density at radius 2 is 0.902 bits per heavy atom. The standard InChI is InChI=1S/C40H36S/c1-39(2,3)33-21-32(22-34(24-33)40(4,5)6)28-14-13-27-18-30-17-25(11-12-26(30)19-31(27)20-28)29-15-16-38-36(23-29)35-9-7-8-10-37(35)41-38/h7-24H,1-6H3. The van der Waals surface area contributed by atoms with E-state index in [0.717, 1.165) is 0 Å². The first-order valence-corrected chi connectivity index (χ1v) is 15.4. The average molecular weight is 549 g/mol. The molecular weight excluding hydrogens is 513 g/mol. The number of hydrogen-bond acceptors (Lipinski definition) is 1. The van der Waals surface area contributed by atoms with Gasteiger partial charge in [-0.3, -0.25) is 0 Å². The van der Waals surface area contributed by atoms with Gasteiger partial charge < -0.3 is 0 Å². The van der Waals surface area contributed by atoms with E-state index >= 15 is 0 Å². The molecule has 7 rings (SSSR count). The van der Waals surface area contributed by atoms with Crippen LogP contribution in [0.5, 0.6) is 0 Å². The molecule has 0 atom stereocenters. The molecule has 41 heavy (non-hydrogen) atoms. The van der Waals surface area contributed by atoms with Gasteiger partial charge in [-0.1, -0.05) is 108 Å². The van der Waals surface area contributed by atoms with Crippen LogP contribution in [-0.4, -0.2) is 0 Å². The van der Waals surface area contributed by atoms with Crippen molar-refractivity contribution >= 4 is 53.1 Å². The summed E-state index contributed by atoms with van der Waals surface area (Å²) >= 11 is 1.87. The zero-order chi connectivity index (χ0) is 28.5. The lowest BCUT2D eigenvalue weighted by atomic mass is 9.79. The van der Waals surface area contributed by atoms with Crippen LogP contribution in [0.3, 0.4) is 0 Å². The summed E-state index contributed by atoms with van der Waals surface area (Å²) in [5, 5.41) is 7.81. The molecule has 0 spiro atoms. The molecule has 1 aromatic heterocycles. The van der Waals surface area contributed by atoms with Crippen molar-refractivity contribution in [2.45, 2.75) is 52.4 Å². The first-order chi connectivity index (χ1) is 19.5. The van der Waals surface area contributed by atoms with Crippen molar-refractivity contribution < 1.29 is 0 Å². The largest absolute Gasteiger partial charge is 0.135 e. The molecule has 202 valence electrons. The van der Waals surface area contributed by atoms with Crippen LogP contribution in [0.15, 0.2) is 109 Å². The lowest BCUT2D eigenvalue weighted by Gasteiger charge is -2.26. The van der Waals surface area contributed by atoms with Gasteiger partial charge in [-0.15, -0.1) is 11.3 Å². The average Bonchev–Trinajstić information content (AvgIpc) is 3.32. The molecule has 0 aliphatic carbocycles. The minimum Gasteiger partial charge on any atom is -0.135 e. The fourth-order valence-electron chi connectivity index (χ4n) is 5.92. The summed E-state index contributed by atoms with van der Waals surface area (Å²) in [5.74, 6) is 0. The smallest absolute Gasteiger partial charge is 0.0355 e. The van der Waals surface area contributed by atoms with Crippen molar-refractivity contribution in [1.29, 1.82) is 0 Å². The molecule has 0 nitrogen and oxygen atoms in total. The third-order valence-corrected chi connectivity index (χ3v) is 9.66. The zero-order valence-corrected chi connectivity index (χ0v) is 25.6. The molecule has 0 aliphatic heterocycles. The summed E-state index contributed by atoms with van der Waals surface area (Å²) in [5.41, 5.74) is 8.09. The lowest BCUT2D eigenvalue weighted by Crippen LogP contribution is -2.16. The summed E-state index contributed by atoms with van der Waals surface area (Å²) in [4.78, 5) is 0. The van der Waals surface area contributed by atoms with E-state index in [2.05, 4.69) is 151 Å². The topological polar surface area (TPSA) is 0 Å². The molecule has 1 heterocycles. The monoisotopic (exact) mass is 548 g/mol. The summed E-state index contributed by atoms with van der Waals surface area (Å²) < 4.78 is 2.70. The van der Waals surface area contributed by atoms with Gasteiger partial charge in [-0.05, 0) is 108 Å². The quantitative estimate of drug-likeness (QED) is 0.188. The van der Waals surface area contributed by atoms with Crippen LogP contribution in [0.4, 0.5) is 0 Å². The lowest BCUT2D eigenvalue weighted by molar-refractivity contribution is 0.569. The highest BCUT2D eigenvalue weighted by molar-refractivity contribution is 7.25. The minimum absolute atomic E-state index is 0.0990. The minimum atomic E-state index is 0.0990. The van der Waals surface area contributed by atoms with Gasteiger partial charge in [0.05, 0.1) is 0 Å². The van der Waals surface area contributed by atoms with E-state index in [9.17, 15) is 0 Å². The van der Waals surface area contributed by atoms with Crippen molar-refractivity contribution in [2.24, 2.45) is 0 Å². The predicted octanol–water partition coefficient (Wildman–Crippen LogP) is 12.3. The summed E-state index contributed by atoms with van der Waals surface area (Å²) in [6.07, 6.45) is 0. The van der Waals surface area contributed by atoms with Crippen LogP contribution < -0.4 is 0 Å². The molecule has 0 radical (unpaired) electrons. The van der Waals surface area contributed by atoms with E-state index in [1.165, 1.54) is 75.1 Å². The normalized spacial score (nSPS) is 12.6. The van der Waals surface area contributed by atoms with E-state index in [4.69, 9.17) is 0 Å². The predicted molar refractivity (Wildman–Crippen MR) is 183 cm³/mol. The maximum Gasteiger partial charge on any atom is 0.0355 e. The van der Waals surface area contributed by atoms with Gasteiger partial charge in [0.2, 0.25) is 0 Å². The van der Waals surface area contributed by atoms with Crippen molar-refractivity contribution in [2.75, 3.05) is 0 Å². The number of thiophene rings is 1. The van der Waals surface area contributed by atoms with Gasteiger partial charge >= 0.3 is 0 Å². The van der Waals surface area contributed by atoms with Crippen molar-refractivity contribution in [1.82, 2.24) is 0 Å². The highest BCUT2D eigenvalue weighted by Crippen LogP contribution is 2.38. The fourth-order valence-corrected chi connectivity index (χ4v) is 7.01. The van der Waals surface area contributed by atoms with Crippen molar-refractivity contribution in [3.63, 3.8) is 0 Å². The van der Waals surface area contributed by atoms with E-state index < -0.39 is 0 Å².